The third-order valence-electron chi connectivity index (χ3n) is 4.50. The van der Waals surface area contributed by atoms with Crippen LogP contribution in [0.2, 0.25) is 0 Å². The van der Waals surface area contributed by atoms with Gasteiger partial charge >= 0.3 is 6.09 Å². The number of nitrogens with zero attached hydrogens (tertiary/aromatic N) is 2. The standard InChI is InChI=1S/C19H27F2N3O6S/c1-19(2,3)30-18(26)22-15(6-11-31(27,28)29)17(25)24-9-7-23(8-10-24)16-5-4-13(20)12-14(16)21/h4-5,12,15H,6-11H2,1-3H3,(H,22,26)(H,27,28,29)/t15-/m0/s1. The summed E-state index contributed by atoms with van der Waals surface area (Å²) in [6.45, 7) is 5.76. The van der Waals surface area contributed by atoms with Crippen molar-refractivity contribution < 1.29 is 36.1 Å². The predicted octanol–water partition coefficient (Wildman–Crippen LogP) is 1.78. The Bertz CT molecular complexity index is 912. The molecule has 0 unspecified atom stereocenters. The minimum absolute atomic E-state index is 0.175. The SMILES string of the molecule is CC(C)(C)OC(=O)N[C@@H](CCS(=O)(=O)O)C(=O)N1CCN(c2ccc(F)cc2F)CC1. The van der Waals surface area contributed by atoms with Crippen LogP contribution >= 0.6 is 0 Å². The number of carbonyl (C=O) groups excluding carboxylic acids is 2. The number of hydrogen-bond acceptors (Lipinski definition) is 6. The molecule has 1 saturated heterocycles. The third-order valence-corrected chi connectivity index (χ3v) is 5.25. The second-order valence-electron chi connectivity index (χ2n) is 8.18. The molecule has 12 heteroatoms. The molecule has 1 aromatic rings. The molecule has 0 aromatic heterocycles. The molecule has 0 bridgehead atoms. The maximum absolute atomic E-state index is 14.0. The van der Waals surface area contributed by atoms with E-state index in [1.807, 2.05) is 0 Å². The summed E-state index contributed by atoms with van der Waals surface area (Å²) in [6.07, 6.45) is -1.24. The summed E-state index contributed by atoms with van der Waals surface area (Å²) < 4.78 is 63.5. The third kappa shape index (κ3) is 7.94. The quantitative estimate of drug-likeness (QED) is 0.618. The second kappa shape index (κ2) is 9.77. The molecule has 9 nitrogen and oxygen atoms in total. The van der Waals surface area contributed by atoms with E-state index in [0.717, 1.165) is 12.1 Å². The lowest BCUT2D eigenvalue weighted by molar-refractivity contribution is -0.133. The minimum Gasteiger partial charge on any atom is -0.444 e. The highest BCUT2D eigenvalue weighted by Crippen LogP contribution is 2.22. The van der Waals surface area contributed by atoms with Crippen LogP contribution in [0.1, 0.15) is 27.2 Å². The molecule has 0 radical (unpaired) electrons. The molecule has 1 aromatic carbocycles. The van der Waals surface area contributed by atoms with Crippen molar-refractivity contribution in [3.8, 4) is 0 Å². The minimum atomic E-state index is -4.35. The number of ether oxygens (including phenoxy) is 1. The first-order valence-corrected chi connectivity index (χ1v) is 11.3. The fourth-order valence-corrected chi connectivity index (χ4v) is 3.63. The van der Waals surface area contributed by atoms with Crippen molar-refractivity contribution in [2.24, 2.45) is 0 Å². The highest BCUT2D eigenvalue weighted by molar-refractivity contribution is 7.85. The molecule has 2 amide bonds. The van der Waals surface area contributed by atoms with E-state index in [0.29, 0.717) is 0 Å². The molecule has 31 heavy (non-hydrogen) atoms. The lowest BCUT2D eigenvalue weighted by Gasteiger charge is -2.37. The Labute approximate surface area is 180 Å². The van der Waals surface area contributed by atoms with E-state index in [-0.39, 0.29) is 38.3 Å². The summed E-state index contributed by atoms with van der Waals surface area (Å²) in [7, 11) is -4.35. The number of anilines is 1. The van der Waals surface area contributed by atoms with Gasteiger partial charge in [0, 0.05) is 32.2 Å². The van der Waals surface area contributed by atoms with Crippen LogP contribution in [-0.4, -0.2) is 73.4 Å². The summed E-state index contributed by atoms with van der Waals surface area (Å²) in [6, 6.07) is 2.02. The maximum Gasteiger partial charge on any atom is 0.408 e. The lowest BCUT2D eigenvalue weighted by atomic mass is 10.1. The lowest BCUT2D eigenvalue weighted by Crippen LogP contribution is -2.55. The van der Waals surface area contributed by atoms with Crippen molar-refractivity contribution in [1.29, 1.82) is 0 Å². The first kappa shape index (κ1) is 24.8. The first-order valence-electron chi connectivity index (χ1n) is 9.68. The smallest absolute Gasteiger partial charge is 0.408 e. The van der Waals surface area contributed by atoms with Gasteiger partial charge in [-0.3, -0.25) is 9.35 Å². The number of hydrogen-bond donors (Lipinski definition) is 2. The van der Waals surface area contributed by atoms with E-state index in [1.165, 1.54) is 11.0 Å². The van der Waals surface area contributed by atoms with Crippen molar-refractivity contribution in [1.82, 2.24) is 10.2 Å². The van der Waals surface area contributed by atoms with Gasteiger partial charge in [-0.1, -0.05) is 0 Å². The van der Waals surface area contributed by atoms with Gasteiger partial charge in [0.05, 0.1) is 11.4 Å². The van der Waals surface area contributed by atoms with Crippen LogP contribution in [0.5, 0.6) is 0 Å². The van der Waals surface area contributed by atoms with Gasteiger partial charge in [0.25, 0.3) is 10.1 Å². The van der Waals surface area contributed by atoms with Crippen LogP contribution in [0.4, 0.5) is 19.3 Å². The van der Waals surface area contributed by atoms with E-state index >= 15 is 0 Å². The zero-order valence-corrected chi connectivity index (χ0v) is 18.4. The molecule has 1 heterocycles. The molecule has 1 atom stereocenters. The summed E-state index contributed by atoms with van der Waals surface area (Å²) in [4.78, 5) is 28.1. The Morgan fingerprint density at radius 1 is 1.19 bits per heavy atom. The molecule has 1 aliphatic heterocycles. The Kier molecular flexibility index (Phi) is 7.82. The van der Waals surface area contributed by atoms with E-state index in [2.05, 4.69) is 5.32 Å². The summed E-state index contributed by atoms with van der Waals surface area (Å²) in [5, 5.41) is 2.36. The molecule has 2 N–H and O–H groups in total. The van der Waals surface area contributed by atoms with Crippen molar-refractivity contribution in [3.05, 3.63) is 29.8 Å². The van der Waals surface area contributed by atoms with Crippen molar-refractivity contribution in [2.45, 2.75) is 38.8 Å². The van der Waals surface area contributed by atoms with Gasteiger partial charge in [0.15, 0.2) is 0 Å². The maximum atomic E-state index is 14.0. The molecule has 2 rings (SSSR count). The van der Waals surface area contributed by atoms with E-state index in [1.54, 1.807) is 25.7 Å². The van der Waals surface area contributed by atoms with Gasteiger partial charge in [0.2, 0.25) is 5.91 Å². The number of halogens is 2. The first-order chi connectivity index (χ1) is 14.2. The molecule has 0 saturated carbocycles. The number of rotatable bonds is 6. The van der Waals surface area contributed by atoms with Gasteiger partial charge in [-0.05, 0) is 39.3 Å². The average molecular weight is 464 g/mol. The largest absolute Gasteiger partial charge is 0.444 e. The van der Waals surface area contributed by atoms with Crippen LogP contribution in [0, 0.1) is 11.6 Å². The van der Waals surface area contributed by atoms with E-state index in [4.69, 9.17) is 9.29 Å². The Balaban J connectivity index is 2.05. The van der Waals surface area contributed by atoms with Gasteiger partial charge < -0.3 is 19.9 Å². The topological polar surface area (TPSA) is 116 Å². The van der Waals surface area contributed by atoms with Crippen LogP contribution in [-0.2, 0) is 19.6 Å². The van der Waals surface area contributed by atoms with Crippen molar-refractivity contribution >= 4 is 27.8 Å². The zero-order valence-electron chi connectivity index (χ0n) is 17.6. The summed E-state index contributed by atoms with van der Waals surface area (Å²) >= 11 is 0. The van der Waals surface area contributed by atoms with Crippen LogP contribution in [0.3, 0.4) is 0 Å². The molecular weight excluding hydrogens is 436 g/mol. The Hall–Kier alpha value is -2.47. The van der Waals surface area contributed by atoms with E-state index < -0.39 is 51.1 Å². The number of carbonyl (C=O) groups is 2. The molecule has 0 aliphatic carbocycles. The molecule has 1 fully saturated rings. The predicted molar refractivity (Wildman–Crippen MR) is 109 cm³/mol. The van der Waals surface area contributed by atoms with Crippen LogP contribution < -0.4 is 10.2 Å². The highest BCUT2D eigenvalue weighted by atomic mass is 32.2. The zero-order chi connectivity index (χ0) is 23.4. The monoisotopic (exact) mass is 463 g/mol. The summed E-state index contributed by atoms with van der Waals surface area (Å²) in [5.41, 5.74) is -0.616. The number of benzene rings is 1. The molecular formula is C19H27F2N3O6S. The molecule has 0 spiro atoms. The fourth-order valence-electron chi connectivity index (χ4n) is 3.10. The second-order valence-corrected chi connectivity index (χ2v) is 9.75. The van der Waals surface area contributed by atoms with Crippen LogP contribution in [0.15, 0.2) is 18.2 Å². The van der Waals surface area contributed by atoms with Gasteiger partial charge in [-0.25, -0.2) is 13.6 Å². The Morgan fingerprint density at radius 3 is 2.32 bits per heavy atom. The van der Waals surface area contributed by atoms with Gasteiger partial charge in [-0.15, -0.1) is 0 Å². The average Bonchev–Trinajstić information content (AvgIpc) is 2.62. The summed E-state index contributed by atoms with van der Waals surface area (Å²) in [5.74, 6) is -2.67. The number of alkyl carbamates (subject to hydrolysis) is 1. The van der Waals surface area contributed by atoms with Crippen molar-refractivity contribution in [2.75, 3.05) is 36.8 Å². The number of amides is 2. The van der Waals surface area contributed by atoms with Gasteiger partial charge in [0.1, 0.15) is 23.3 Å². The number of piperazine rings is 1. The normalized spacial score (nSPS) is 16.1. The molecule has 174 valence electrons. The Morgan fingerprint density at radius 2 is 1.81 bits per heavy atom. The van der Waals surface area contributed by atoms with Crippen molar-refractivity contribution in [3.63, 3.8) is 0 Å². The van der Waals surface area contributed by atoms with Gasteiger partial charge in [-0.2, -0.15) is 8.42 Å². The molecule has 1 aliphatic rings. The van der Waals surface area contributed by atoms with E-state index in [9.17, 15) is 26.8 Å². The fraction of sp³-hybridized carbons (Fsp3) is 0.579. The van der Waals surface area contributed by atoms with Crippen LogP contribution in [0.25, 0.3) is 0 Å². The highest BCUT2D eigenvalue weighted by Gasteiger charge is 2.31. The number of nitrogens with one attached hydrogen (secondary N) is 1.